The second kappa shape index (κ2) is 3.27. The molecular weight excluding hydrogens is 198 g/mol. The fourth-order valence-electron chi connectivity index (χ4n) is 2.13. The van der Waals surface area contributed by atoms with Gasteiger partial charge in [-0.25, -0.2) is 8.78 Å². The van der Waals surface area contributed by atoms with Gasteiger partial charge < -0.3 is 5.11 Å². The zero-order valence-corrected chi connectivity index (χ0v) is 8.85. The van der Waals surface area contributed by atoms with E-state index in [-0.39, 0.29) is 29.6 Å². The zero-order valence-electron chi connectivity index (χ0n) is 8.85. The number of hydrogen-bond acceptors (Lipinski definition) is 1. The van der Waals surface area contributed by atoms with Crippen LogP contribution in [0.15, 0.2) is 12.1 Å². The molecule has 1 fully saturated rings. The van der Waals surface area contributed by atoms with Gasteiger partial charge in [-0.15, -0.1) is 0 Å². The van der Waals surface area contributed by atoms with E-state index in [9.17, 15) is 8.78 Å². The molecule has 0 heterocycles. The second-order valence-electron chi connectivity index (χ2n) is 4.58. The lowest BCUT2D eigenvalue weighted by molar-refractivity contribution is 0.265. The Morgan fingerprint density at radius 1 is 1.40 bits per heavy atom. The molecule has 0 amide bonds. The third-order valence-corrected chi connectivity index (χ3v) is 3.50. The molecule has 1 N–H and O–H groups in total. The van der Waals surface area contributed by atoms with Gasteiger partial charge in [0, 0.05) is 12.0 Å². The van der Waals surface area contributed by atoms with Crippen LogP contribution in [-0.2, 0) is 5.41 Å². The van der Waals surface area contributed by atoms with Crippen molar-refractivity contribution in [2.75, 3.05) is 6.61 Å². The van der Waals surface area contributed by atoms with E-state index in [1.165, 1.54) is 12.1 Å². The van der Waals surface area contributed by atoms with Crippen molar-refractivity contribution in [3.8, 4) is 0 Å². The Morgan fingerprint density at radius 2 is 2.07 bits per heavy atom. The SMILES string of the molecule is Cc1cc(F)c(C2(C)CC2CO)cc1F. The Hall–Kier alpha value is -0.960. The van der Waals surface area contributed by atoms with Crippen molar-refractivity contribution in [2.45, 2.75) is 25.7 Å². The Kier molecular flexibility index (Phi) is 2.30. The Balaban J connectivity index is 2.42. The zero-order chi connectivity index (χ0) is 11.2. The summed E-state index contributed by atoms with van der Waals surface area (Å²) >= 11 is 0. The van der Waals surface area contributed by atoms with E-state index in [0.717, 1.165) is 6.42 Å². The largest absolute Gasteiger partial charge is 0.396 e. The average Bonchev–Trinajstić information content (AvgIpc) is 2.84. The Labute approximate surface area is 87.7 Å². The summed E-state index contributed by atoms with van der Waals surface area (Å²) in [6.07, 6.45) is 0.725. The molecule has 2 unspecified atom stereocenters. The summed E-state index contributed by atoms with van der Waals surface area (Å²) in [7, 11) is 0. The van der Waals surface area contributed by atoms with E-state index in [0.29, 0.717) is 11.1 Å². The molecule has 0 aromatic heterocycles. The van der Waals surface area contributed by atoms with E-state index in [1.807, 2.05) is 6.92 Å². The van der Waals surface area contributed by atoms with Gasteiger partial charge in [-0.3, -0.25) is 0 Å². The van der Waals surface area contributed by atoms with Crippen molar-refractivity contribution in [2.24, 2.45) is 5.92 Å². The van der Waals surface area contributed by atoms with E-state index in [2.05, 4.69) is 0 Å². The van der Waals surface area contributed by atoms with Crippen molar-refractivity contribution in [1.82, 2.24) is 0 Å². The molecule has 1 aromatic rings. The van der Waals surface area contributed by atoms with Gasteiger partial charge in [0.25, 0.3) is 0 Å². The van der Waals surface area contributed by atoms with Crippen LogP contribution in [0.4, 0.5) is 8.78 Å². The normalized spacial score (nSPS) is 29.3. The molecule has 82 valence electrons. The smallest absolute Gasteiger partial charge is 0.127 e. The summed E-state index contributed by atoms with van der Waals surface area (Å²) in [5, 5.41) is 9.00. The van der Waals surface area contributed by atoms with Gasteiger partial charge in [0.15, 0.2) is 0 Å². The molecule has 0 saturated heterocycles. The van der Waals surface area contributed by atoms with Gasteiger partial charge >= 0.3 is 0 Å². The van der Waals surface area contributed by atoms with E-state index < -0.39 is 0 Å². The number of aliphatic hydroxyl groups is 1. The first-order valence-electron chi connectivity index (χ1n) is 5.06. The van der Waals surface area contributed by atoms with Crippen LogP contribution in [0, 0.1) is 24.5 Å². The average molecular weight is 212 g/mol. The maximum absolute atomic E-state index is 13.6. The van der Waals surface area contributed by atoms with E-state index in [4.69, 9.17) is 5.11 Å². The van der Waals surface area contributed by atoms with Gasteiger partial charge in [0.1, 0.15) is 11.6 Å². The number of halogens is 2. The first-order valence-corrected chi connectivity index (χ1v) is 5.06. The lowest BCUT2D eigenvalue weighted by Gasteiger charge is -2.13. The first kappa shape index (κ1) is 10.6. The minimum Gasteiger partial charge on any atom is -0.396 e. The molecule has 2 rings (SSSR count). The highest BCUT2D eigenvalue weighted by atomic mass is 19.1. The van der Waals surface area contributed by atoms with E-state index >= 15 is 0 Å². The maximum atomic E-state index is 13.6. The standard InChI is InChI=1S/C12H14F2O/c1-7-3-11(14)9(4-10(7)13)12(2)5-8(12)6-15/h3-4,8,15H,5-6H2,1-2H3. The monoisotopic (exact) mass is 212 g/mol. The predicted molar refractivity (Wildman–Crippen MR) is 53.6 cm³/mol. The van der Waals surface area contributed by atoms with Crippen LogP contribution in [0.1, 0.15) is 24.5 Å². The predicted octanol–water partition coefficient (Wildman–Crippen LogP) is 2.54. The van der Waals surface area contributed by atoms with Crippen molar-refractivity contribution in [1.29, 1.82) is 0 Å². The molecule has 2 atom stereocenters. The number of rotatable bonds is 2. The number of aryl methyl sites for hydroxylation is 1. The molecule has 0 aliphatic heterocycles. The Bertz CT molecular complexity index is 403. The van der Waals surface area contributed by atoms with Crippen LogP contribution in [0.2, 0.25) is 0 Å². The topological polar surface area (TPSA) is 20.2 Å². The lowest BCUT2D eigenvalue weighted by Crippen LogP contribution is -2.10. The van der Waals surface area contributed by atoms with Crippen molar-refractivity contribution in [3.63, 3.8) is 0 Å². The van der Waals surface area contributed by atoms with Crippen LogP contribution in [0.5, 0.6) is 0 Å². The van der Waals surface area contributed by atoms with Crippen molar-refractivity contribution in [3.05, 3.63) is 34.9 Å². The molecule has 3 heteroatoms. The summed E-state index contributed by atoms with van der Waals surface area (Å²) in [6.45, 7) is 3.44. The third kappa shape index (κ3) is 1.55. The first-order chi connectivity index (χ1) is 6.99. The lowest BCUT2D eigenvalue weighted by atomic mass is 9.94. The van der Waals surface area contributed by atoms with Gasteiger partial charge in [0.05, 0.1) is 0 Å². The molecule has 0 radical (unpaired) electrons. The second-order valence-corrected chi connectivity index (χ2v) is 4.58. The summed E-state index contributed by atoms with van der Waals surface area (Å²) < 4.78 is 26.9. The fraction of sp³-hybridized carbons (Fsp3) is 0.500. The molecular formula is C12H14F2O. The highest BCUT2D eigenvalue weighted by molar-refractivity contribution is 5.36. The number of benzene rings is 1. The van der Waals surface area contributed by atoms with Gasteiger partial charge in [0.2, 0.25) is 0 Å². The highest BCUT2D eigenvalue weighted by Crippen LogP contribution is 2.54. The molecule has 15 heavy (non-hydrogen) atoms. The summed E-state index contributed by atoms with van der Waals surface area (Å²) in [5.41, 5.74) is 0.332. The van der Waals surface area contributed by atoms with Crippen molar-refractivity contribution >= 4 is 0 Å². The van der Waals surface area contributed by atoms with Crippen LogP contribution in [0.3, 0.4) is 0 Å². The van der Waals surface area contributed by atoms with Crippen LogP contribution >= 0.6 is 0 Å². The summed E-state index contributed by atoms with van der Waals surface area (Å²) in [6, 6.07) is 2.49. The maximum Gasteiger partial charge on any atom is 0.127 e. The fourth-order valence-corrected chi connectivity index (χ4v) is 2.13. The molecule has 1 aliphatic carbocycles. The minimum absolute atomic E-state index is 0.0332. The quantitative estimate of drug-likeness (QED) is 0.798. The van der Waals surface area contributed by atoms with Gasteiger partial charge in [-0.2, -0.15) is 0 Å². The van der Waals surface area contributed by atoms with Crippen LogP contribution in [-0.4, -0.2) is 11.7 Å². The minimum atomic E-state index is -0.382. The highest BCUT2D eigenvalue weighted by Gasteiger charge is 2.52. The summed E-state index contributed by atoms with van der Waals surface area (Å²) in [5.74, 6) is -0.683. The van der Waals surface area contributed by atoms with Crippen LogP contribution < -0.4 is 0 Å². The number of aliphatic hydroxyl groups excluding tert-OH is 1. The molecule has 1 saturated carbocycles. The molecule has 1 aromatic carbocycles. The molecule has 1 nitrogen and oxygen atoms in total. The van der Waals surface area contributed by atoms with Crippen molar-refractivity contribution < 1.29 is 13.9 Å². The summed E-state index contributed by atoms with van der Waals surface area (Å²) in [4.78, 5) is 0. The molecule has 0 bridgehead atoms. The molecule has 0 spiro atoms. The Morgan fingerprint density at radius 3 is 2.60 bits per heavy atom. The van der Waals surface area contributed by atoms with Gasteiger partial charge in [-0.1, -0.05) is 6.92 Å². The third-order valence-electron chi connectivity index (χ3n) is 3.50. The van der Waals surface area contributed by atoms with Crippen LogP contribution in [0.25, 0.3) is 0 Å². The molecule has 1 aliphatic rings. The van der Waals surface area contributed by atoms with E-state index in [1.54, 1.807) is 6.92 Å². The number of hydrogen-bond donors (Lipinski definition) is 1. The van der Waals surface area contributed by atoms with Gasteiger partial charge in [-0.05, 0) is 42.5 Å².